The van der Waals surface area contributed by atoms with Gasteiger partial charge in [-0.05, 0) is 49.6 Å². The summed E-state index contributed by atoms with van der Waals surface area (Å²) in [5, 5.41) is 3.48. The summed E-state index contributed by atoms with van der Waals surface area (Å²) in [5.74, 6) is 0.725. The van der Waals surface area contributed by atoms with Crippen molar-refractivity contribution in [3.63, 3.8) is 0 Å². The molecule has 0 radical (unpaired) electrons. The van der Waals surface area contributed by atoms with E-state index in [1.54, 1.807) is 0 Å². The first-order valence-corrected chi connectivity index (χ1v) is 6.19. The number of nitrogens with zero attached hydrogens (tertiary/aromatic N) is 1. The van der Waals surface area contributed by atoms with Crippen molar-refractivity contribution < 1.29 is 0 Å². The Morgan fingerprint density at radius 3 is 2.56 bits per heavy atom. The molecule has 1 aliphatic heterocycles. The number of benzene rings is 1. The van der Waals surface area contributed by atoms with Crippen LogP contribution in [0.25, 0.3) is 0 Å². The molecule has 88 valence electrons. The number of hydrogen-bond donors (Lipinski definition) is 1. The average Bonchev–Trinajstić information content (AvgIpc) is 2.41. The maximum absolute atomic E-state index is 3.48. The van der Waals surface area contributed by atoms with Gasteiger partial charge in [-0.15, -0.1) is 0 Å². The molecule has 1 unspecified atom stereocenters. The topological polar surface area (TPSA) is 15.3 Å². The molecular weight excluding hydrogens is 196 g/mol. The maximum atomic E-state index is 3.48. The van der Waals surface area contributed by atoms with Crippen LogP contribution in [0.4, 0.5) is 5.69 Å². The molecule has 2 heteroatoms. The SMILES string of the molecule is Cc1cc(C)cc(N2CCNCC(C)C2)c1. The van der Waals surface area contributed by atoms with Crippen LogP contribution in [0.5, 0.6) is 0 Å². The molecule has 1 aromatic carbocycles. The summed E-state index contributed by atoms with van der Waals surface area (Å²) in [6.07, 6.45) is 0. The molecule has 1 N–H and O–H groups in total. The van der Waals surface area contributed by atoms with Gasteiger partial charge in [-0.2, -0.15) is 0 Å². The number of anilines is 1. The molecule has 2 nitrogen and oxygen atoms in total. The Hall–Kier alpha value is -1.02. The molecule has 1 saturated heterocycles. The molecule has 0 aliphatic carbocycles. The van der Waals surface area contributed by atoms with Gasteiger partial charge in [-0.25, -0.2) is 0 Å². The second kappa shape index (κ2) is 4.88. The third-order valence-electron chi connectivity index (χ3n) is 3.15. The third kappa shape index (κ3) is 2.76. The Balaban J connectivity index is 2.21. The van der Waals surface area contributed by atoms with E-state index in [0.717, 1.165) is 32.1 Å². The molecule has 0 amide bonds. The van der Waals surface area contributed by atoms with Crippen LogP contribution in [0.15, 0.2) is 18.2 Å². The van der Waals surface area contributed by atoms with Gasteiger partial charge in [0.15, 0.2) is 0 Å². The fourth-order valence-corrected chi connectivity index (χ4v) is 2.46. The van der Waals surface area contributed by atoms with Crippen LogP contribution in [0.2, 0.25) is 0 Å². The molecule has 1 heterocycles. The summed E-state index contributed by atoms with van der Waals surface area (Å²) < 4.78 is 0. The molecule has 0 bridgehead atoms. The standard InChI is InChI=1S/C14H22N2/c1-11-6-12(2)8-14(7-11)16-5-4-15-9-13(3)10-16/h6-8,13,15H,4-5,9-10H2,1-3H3. The zero-order valence-electron chi connectivity index (χ0n) is 10.6. The van der Waals surface area contributed by atoms with Gasteiger partial charge in [0.1, 0.15) is 0 Å². The smallest absolute Gasteiger partial charge is 0.0372 e. The molecule has 0 spiro atoms. The van der Waals surface area contributed by atoms with Crippen LogP contribution in [0.3, 0.4) is 0 Å². The van der Waals surface area contributed by atoms with Gasteiger partial charge in [0, 0.05) is 25.3 Å². The number of aryl methyl sites for hydroxylation is 2. The van der Waals surface area contributed by atoms with Crippen LogP contribution in [-0.2, 0) is 0 Å². The molecule has 1 fully saturated rings. The molecule has 2 rings (SSSR count). The van der Waals surface area contributed by atoms with Crippen LogP contribution in [0, 0.1) is 19.8 Å². The minimum Gasteiger partial charge on any atom is -0.370 e. The van der Waals surface area contributed by atoms with Crippen LogP contribution < -0.4 is 10.2 Å². The highest BCUT2D eigenvalue weighted by Crippen LogP contribution is 2.20. The lowest BCUT2D eigenvalue weighted by atomic mass is 10.1. The first kappa shape index (κ1) is 11.5. The van der Waals surface area contributed by atoms with Crippen molar-refractivity contribution in [2.45, 2.75) is 20.8 Å². The number of hydrogen-bond acceptors (Lipinski definition) is 2. The summed E-state index contributed by atoms with van der Waals surface area (Å²) in [5.41, 5.74) is 4.10. The first-order valence-electron chi connectivity index (χ1n) is 6.19. The third-order valence-corrected chi connectivity index (χ3v) is 3.15. The Bertz CT molecular complexity index is 340. The molecule has 0 saturated carbocycles. The Labute approximate surface area is 98.7 Å². The highest BCUT2D eigenvalue weighted by molar-refractivity contribution is 5.51. The van der Waals surface area contributed by atoms with Crippen molar-refractivity contribution in [2.75, 3.05) is 31.1 Å². The summed E-state index contributed by atoms with van der Waals surface area (Å²) in [6.45, 7) is 11.2. The largest absolute Gasteiger partial charge is 0.370 e. The molecular formula is C14H22N2. The first-order chi connectivity index (χ1) is 7.65. The molecule has 1 atom stereocenters. The van der Waals surface area contributed by atoms with E-state index in [-0.39, 0.29) is 0 Å². The highest BCUT2D eigenvalue weighted by Gasteiger charge is 2.14. The minimum absolute atomic E-state index is 0.725. The van der Waals surface area contributed by atoms with Crippen molar-refractivity contribution in [1.82, 2.24) is 5.32 Å². The van der Waals surface area contributed by atoms with Gasteiger partial charge in [0.05, 0.1) is 0 Å². The van der Waals surface area contributed by atoms with Gasteiger partial charge in [0.2, 0.25) is 0 Å². The summed E-state index contributed by atoms with van der Waals surface area (Å²) in [6, 6.07) is 6.83. The Morgan fingerprint density at radius 1 is 1.19 bits per heavy atom. The summed E-state index contributed by atoms with van der Waals surface area (Å²) in [4.78, 5) is 2.50. The zero-order valence-corrected chi connectivity index (χ0v) is 10.6. The Morgan fingerprint density at radius 2 is 1.88 bits per heavy atom. The summed E-state index contributed by atoms with van der Waals surface area (Å²) >= 11 is 0. The van der Waals surface area contributed by atoms with Gasteiger partial charge in [-0.1, -0.05) is 13.0 Å². The second-order valence-electron chi connectivity index (χ2n) is 5.10. The predicted octanol–water partition coefficient (Wildman–Crippen LogP) is 2.35. The van der Waals surface area contributed by atoms with Crippen LogP contribution in [-0.4, -0.2) is 26.2 Å². The van der Waals surface area contributed by atoms with E-state index in [1.807, 2.05) is 0 Å². The molecule has 1 aromatic rings. The van der Waals surface area contributed by atoms with Gasteiger partial charge < -0.3 is 10.2 Å². The molecule has 1 aliphatic rings. The van der Waals surface area contributed by atoms with Crippen molar-refractivity contribution in [2.24, 2.45) is 5.92 Å². The van der Waals surface area contributed by atoms with Gasteiger partial charge in [0.25, 0.3) is 0 Å². The fraction of sp³-hybridized carbons (Fsp3) is 0.571. The van der Waals surface area contributed by atoms with Crippen LogP contribution in [0.1, 0.15) is 18.1 Å². The quantitative estimate of drug-likeness (QED) is 0.778. The van der Waals surface area contributed by atoms with Gasteiger partial charge in [-0.3, -0.25) is 0 Å². The lowest BCUT2D eigenvalue weighted by Gasteiger charge is -2.25. The van der Waals surface area contributed by atoms with Crippen molar-refractivity contribution in [3.8, 4) is 0 Å². The molecule has 0 aromatic heterocycles. The van der Waals surface area contributed by atoms with E-state index in [4.69, 9.17) is 0 Å². The van der Waals surface area contributed by atoms with Crippen molar-refractivity contribution >= 4 is 5.69 Å². The second-order valence-corrected chi connectivity index (χ2v) is 5.10. The minimum atomic E-state index is 0.725. The van der Waals surface area contributed by atoms with E-state index in [1.165, 1.54) is 16.8 Å². The fourth-order valence-electron chi connectivity index (χ4n) is 2.46. The maximum Gasteiger partial charge on any atom is 0.0372 e. The Kier molecular flexibility index (Phi) is 3.49. The van der Waals surface area contributed by atoms with E-state index in [2.05, 4.69) is 49.2 Å². The predicted molar refractivity (Wildman–Crippen MR) is 70.2 cm³/mol. The van der Waals surface area contributed by atoms with Crippen molar-refractivity contribution in [1.29, 1.82) is 0 Å². The van der Waals surface area contributed by atoms with E-state index >= 15 is 0 Å². The lowest BCUT2D eigenvalue weighted by molar-refractivity contribution is 0.564. The number of nitrogens with one attached hydrogen (secondary N) is 1. The zero-order chi connectivity index (χ0) is 11.5. The van der Waals surface area contributed by atoms with E-state index in [0.29, 0.717) is 0 Å². The molecule has 16 heavy (non-hydrogen) atoms. The highest BCUT2D eigenvalue weighted by atomic mass is 15.2. The summed E-state index contributed by atoms with van der Waals surface area (Å²) in [7, 11) is 0. The number of rotatable bonds is 1. The lowest BCUT2D eigenvalue weighted by Crippen LogP contribution is -2.29. The average molecular weight is 218 g/mol. The normalized spacial score (nSPS) is 21.9. The van der Waals surface area contributed by atoms with E-state index < -0.39 is 0 Å². The van der Waals surface area contributed by atoms with Gasteiger partial charge >= 0.3 is 0 Å². The van der Waals surface area contributed by atoms with Crippen LogP contribution >= 0.6 is 0 Å². The van der Waals surface area contributed by atoms with E-state index in [9.17, 15) is 0 Å². The van der Waals surface area contributed by atoms with Crippen molar-refractivity contribution in [3.05, 3.63) is 29.3 Å². The monoisotopic (exact) mass is 218 g/mol.